The van der Waals surface area contributed by atoms with Crippen molar-refractivity contribution in [1.82, 2.24) is 9.80 Å². The van der Waals surface area contributed by atoms with E-state index in [0.29, 0.717) is 6.54 Å². The summed E-state index contributed by atoms with van der Waals surface area (Å²) in [4.78, 5) is 26.0. The molecule has 0 fully saturated rings. The Labute approximate surface area is 110 Å². The summed E-state index contributed by atoms with van der Waals surface area (Å²) >= 11 is 1.45. The van der Waals surface area contributed by atoms with Gasteiger partial charge in [-0.15, -0.1) is 11.3 Å². The smallest absolute Gasteiger partial charge is 0.328 e. The summed E-state index contributed by atoms with van der Waals surface area (Å²) in [5.41, 5.74) is 0.989. The highest BCUT2D eigenvalue weighted by molar-refractivity contribution is 7.11. The number of hydrogen-bond donors (Lipinski definition) is 1. The SMILES string of the molecule is CN(C)C(=O)N(C)Cc1csc(C=CC(=O)O)c1. The van der Waals surface area contributed by atoms with Crippen LogP contribution in [0.3, 0.4) is 0 Å². The molecule has 1 heterocycles. The molecule has 0 unspecified atom stereocenters. The zero-order valence-corrected chi connectivity index (χ0v) is 11.4. The maximum atomic E-state index is 11.6. The second kappa shape index (κ2) is 6.20. The Bertz CT molecular complexity index is 466. The molecule has 0 aliphatic rings. The number of hydrogen-bond acceptors (Lipinski definition) is 3. The van der Waals surface area contributed by atoms with Gasteiger partial charge in [-0.3, -0.25) is 0 Å². The zero-order valence-electron chi connectivity index (χ0n) is 10.6. The summed E-state index contributed by atoms with van der Waals surface area (Å²) in [7, 11) is 5.13. The number of aliphatic carboxylic acids is 1. The fraction of sp³-hybridized carbons (Fsp3) is 0.333. The van der Waals surface area contributed by atoms with Crippen LogP contribution in [0.4, 0.5) is 4.79 Å². The lowest BCUT2D eigenvalue weighted by molar-refractivity contribution is -0.131. The number of carbonyl (C=O) groups is 2. The van der Waals surface area contributed by atoms with Crippen LogP contribution in [0.5, 0.6) is 0 Å². The number of rotatable bonds is 4. The number of carboxylic acid groups (broad SMARTS) is 1. The van der Waals surface area contributed by atoms with Gasteiger partial charge in [-0.25, -0.2) is 9.59 Å². The summed E-state index contributed by atoms with van der Waals surface area (Å²) in [5, 5.41) is 10.4. The van der Waals surface area contributed by atoms with E-state index in [1.54, 1.807) is 32.1 Å². The number of carboxylic acids is 1. The van der Waals surface area contributed by atoms with E-state index in [1.807, 2.05) is 11.4 Å². The van der Waals surface area contributed by atoms with E-state index in [4.69, 9.17) is 5.11 Å². The van der Waals surface area contributed by atoms with Crippen molar-refractivity contribution in [3.63, 3.8) is 0 Å². The average molecular weight is 268 g/mol. The van der Waals surface area contributed by atoms with E-state index in [1.165, 1.54) is 16.2 Å². The van der Waals surface area contributed by atoms with Gasteiger partial charge in [0.25, 0.3) is 0 Å². The van der Waals surface area contributed by atoms with Crippen molar-refractivity contribution in [2.45, 2.75) is 6.54 Å². The monoisotopic (exact) mass is 268 g/mol. The molecule has 0 aromatic carbocycles. The molecule has 0 saturated carbocycles. The molecule has 6 heteroatoms. The zero-order chi connectivity index (χ0) is 13.7. The van der Waals surface area contributed by atoms with Gasteiger partial charge < -0.3 is 14.9 Å². The van der Waals surface area contributed by atoms with E-state index in [0.717, 1.165) is 16.5 Å². The first-order valence-electron chi connectivity index (χ1n) is 5.31. The maximum absolute atomic E-state index is 11.6. The second-order valence-electron chi connectivity index (χ2n) is 4.06. The lowest BCUT2D eigenvalue weighted by Crippen LogP contribution is -2.35. The standard InChI is InChI=1S/C12H16N2O3S/c1-13(2)12(17)14(3)7-9-6-10(18-8-9)4-5-11(15)16/h4-6,8H,7H2,1-3H3,(H,15,16). The van der Waals surface area contributed by atoms with Crippen LogP contribution in [0.15, 0.2) is 17.5 Å². The first-order valence-corrected chi connectivity index (χ1v) is 6.19. The summed E-state index contributed by atoms with van der Waals surface area (Å²) in [6, 6.07) is 1.81. The topological polar surface area (TPSA) is 60.9 Å². The number of nitrogens with zero attached hydrogens (tertiary/aromatic N) is 2. The molecule has 0 saturated heterocycles. The van der Waals surface area contributed by atoms with Gasteiger partial charge in [0.2, 0.25) is 0 Å². The Morgan fingerprint density at radius 3 is 2.61 bits per heavy atom. The van der Waals surface area contributed by atoms with Gasteiger partial charge in [0.05, 0.1) is 0 Å². The predicted molar refractivity (Wildman–Crippen MR) is 71.5 cm³/mol. The third-order valence-corrected chi connectivity index (χ3v) is 3.14. The molecule has 0 atom stereocenters. The summed E-state index contributed by atoms with van der Waals surface area (Å²) < 4.78 is 0. The number of carbonyl (C=O) groups excluding carboxylic acids is 1. The van der Waals surface area contributed by atoms with Gasteiger partial charge in [-0.2, -0.15) is 0 Å². The van der Waals surface area contributed by atoms with Gasteiger partial charge in [-0.05, 0) is 23.1 Å². The van der Waals surface area contributed by atoms with Gasteiger partial charge >= 0.3 is 12.0 Å². The molecule has 18 heavy (non-hydrogen) atoms. The normalized spacial score (nSPS) is 10.6. The van der Waals surface area contributed by atoms with Gasteiger partial charge in [-0.1, -0.05) is 0 Å². The summed E-state index contributed by atoms with van der Waals surface area (Å²) in [5.74, 6) is -0.968. The van der Waals surface area contributed by atoms with Crippen molar-refractivity contribution < 1.29 is 14.7 Å². The highest BCUT2D eigenvalue weighted by atomic mass is 32.1. The highest BCUT2D eigenvalue weighted by Crippen LogP contribution is 2.17. The Hall–Kier alpha value is -1.82. The predicted octanol–water partition coefficient (Wildman–Crippen LogP) is 1.96. The second-order valence-corrected chi connectivity index (χ2v) is 5.00. The van der Waals surface area contributed by atoms with Crippen molar-refractivity contribution in [2.75, 3.05) is 21.1 Å². The maximum Gasteiger partial charge on any atom is 0.328 e. The molecular formula is C12H16N2O3S. The van der Waals surface area contributed by atoms with Crippen molar-refractivity contribution in [3.8, 4) is 0 Å². The number of amides is 2. The largest absolute Gasteiger partial charge is 0.478 e. The van der Waals surface area contributed by atoms with Crippen molar-refractivity contribution in [3.05, 3.63) is 28.0 Å². The van der Waals surface area contributed by atoms with Gasteiger partial charge in [0.1, 0.15) is 0 Å². The fourth-order valence-corrected chi connectivity index (χ4v) is 2.20. The van der Waals surface area contributed by atoms with E-state index in [2.05, 4.69) is 0 Å². The van der Waals surface area contributed by atoms with Crippen LogP contribution in [-0.2, 0) is 11.3 Å². The van der Waals surface area contributed by atoms with E-state index < -0.39 is 5.97 Å². The van der Waals surface area contributed by atoms with Crippen LogP contribution in [0, 0.1) is 0 Å². The molecule has 1 rings (SSSR count). The van der Waals surface area contributed by atoms with Crippen molar-refractivity contribution in [2.24, 2.45) is 0 Å². The van der Waals surface area contributed by atoms with Gasteiger partial charge in [0, 0.05) is 38.6 Å². The molecule has 5 nitrogen and oxygen atoms in total. The lowest BCUT2D eigenvalue weighted by Gasteiger charge is -2.21. The third-order valence-electron chi connectivity index (χ3n) is 2.19. The Balaban J connectivity index is 2.64. The summed E-state index contributed by atoms with van der Waals surface area (Å²) in [6.45, 7) is 0.508. The fourth-order valence-electron chi connectivity index (χ4n) is 1.40. The highest BCUT2D eigenvalue weighted by Gasteiger charge is 2.11. The Kier molecular flexibility index (Phi) is 4.91. The molecule has 0 spiro atoms. The van der Waals surface area contributed by atoms with Crippen LogP contribution in [-0.4, -0.2) is 48.0 Å². The van der Waals surface area contributed by atoms with Crippen molar-refractivity contribution >= 4 is 29.4 Å². The van der Waals surface area contributed by atoms with E-state index in [9.17, 15) is 9.59 Å². The first kappa shape index (κ1) is 14.2. The minimum absolute atomic E-state index is 0.0659. The average Bonchev–Trinajstić information content (AvgIpc) is 2.72. The quantitative estimate of drug-likeness (QED) is 0.849. The van der Waals surface area contributed by atoms with Gasteiger partial charge in [0.15, 0.2) is 0 Å². The van der Waals surface area contributed by atoms with Crippen LogP contribution in [0.25, 0.3) is 6.08 Å². The number of thiophene rings is 1. The molecule has 0 radical (unpaired) electrons. The molecule has 1 aromatic rings. The molecule has 0 aliphatic heterocycles. The lowest BCUT2D eigenvalue weighted by atomic mass is 10.3. The third kappa shape index (κ3) is 4.21. The summed E-state index contributed by atoms with van der Waals surface area (Å²) in [6.07, 6.45) is 2.65. The van der Waals surface area contributed by atoms with E-state index >= 15 is 0 Å². The molecule has 2 amide bonds. The van der Waals surface area contributed by atoms with Crippen LogP contribution >= 0.6 is 11.3 Å². The molecule has 1 N–H and O–H groups in total. The first-order chi connectivity index (χ1) is 8.40. The molecular weight excluding hydrogens is 252 g/mol. The van der Waals surface area contributed by atoms with Crippen LogP contribution in [0.1, 0.15) is 10.4 Å². The van der Waals surface area contributed by atoms with Crippen molar-refractivity contribution in [1.29, 1.82) is 0 Å². The molecule has 98 valence electrons. The molecule has 1 aromatic heterocycles. The minimum atomic E-state index is -0.968. The molecule has 0 bridgehead atoms. The van der Waals surface area contributed by atoms with Crippen LogP contribution < -0.4 is 0 Å². The van der Waals surface area contributed by atoms with E-state index in [-0.39, 0.29) is 6.03 Å². The Morgan fingerprint density at radius 1 is 1.39 bits per heavy atom. The Morgan fingerprint density at radius 2 is 2.06 bits per heavy atom. The molecule has 0 aliphatic carbocycles. The number of urea groups is 1. The minimum Gasteiger partial charge on any atom is -0.478 e. The van der Waals surface area contributed by atoms with Crippen LogP contribution in [0.2, 0.25) is 0 Å².